The van der Waals surface area contributed by atoms with Gasteiger partial charge in [0, 0.05) is 30.4 Å². The fourth-order valence-corrected chi connectivity index (χ4v) is 2.89. The highest BCUT2D eigenvalue weighted by molar-refractivity contribution is 5.67. The number of rotatable bonds is 5. The van der Waals surface area contributed by atoms with Crippen LogP contribution < -0.4 is 10.6 Å². The molecule has 7 heteroatoms. The van der Waals surface area contributed by atoms with E-state index in [1.165, 1.54) is 12.1 Å². The van der Waals surface area contributed by atoms with Crippen molar-refractivity contribution in [1.29, 1.82) is 0 Å². The number of nitro benzene ring substituents is 1. The van der Waals surface area contributed by atoms with Crippen LogP contribution in [0.2, 0.25) is 0 Å². The predicted molar refractivity (Wildman–Crippen MR) is 92.1 cm³/mol. The predicted octanol–water partition coefficient (Wildman–Crippen LogP) is 3.70. The Balaban J connectivity index is 1.86. The lowest BCUT2D eigenvalue weighted by Gasteiger charge is -2.24. The van der Waals surface area contributed by atoms with Crippen molar-refractivity contribution in [2.45, 2.75) is 51.7 Å². The molecule has 1 aromatic rings. The molecule has 0 radical (unpaired) electrons. The van der Waals surface area contributed by atoms with E-state index in [1.807, 2.05) is 20.8 Å². The van der Waals surface area contributed by atoms with Gasteiger partial charge in [-0.25, -0.2) is 4.79 Å². The van der Waals surface area contributed by atoms with Crippen LogP contribution in [0.1, 0.15) is 40.0 Å². The molecule has 2 rings (SSSR count). The first-order valence-corrected chi connectivity index (χ1v) is 8.22. The van der Waals surface area contributed by atoms with E-state index in [9.17, 15) is 14.9 Å². The molecule has 7 nitrogen and oxygen atoms in total. The van der Waals surface area contributed by atoms with E-state index in [0.717, 1.165) is 24.9 Å². The first kappa shape index (κ1) is 18.0. The highest BCUT2D eigenvalue weighted by atomic mass is 16.6. The van der Waals surface area contributed by atoms with E-state index in [1.54, 1.807) is 12.1 Å². The van der Waals surface area contributed by atoms with Gasteiger partial charge in [0.1, 0.15) is 5.60 Å². The number of non-ortho nitro benzene ring substituents is 1. The molecular formula is C17H25N3O4. The second kappa shape index (κ2) is 7.51. The van der Waals surface area contributed by atoms with E-state index < -0.39 is 16.6 Å². The fourth-order valence-electron chi connectivity index (χ4n) is 2.89. The monoisotopic (exact) mass is 335 g/mol. The number of nitrogens with one attached hydrogen (secondary N) is 2. The molecule has 0 spiro atoms. The summed E-state index contributed by atoms with van der Waals surface area (Å²) in [6.07, 6.45) is 2.73. The van der Waals surface area contributed by atoms with Gasteiger partial charge in [0.2, 0.25) is 0 Å². The molecule has 1 aliphatic carbocycles. The molecule has 1 aliphatic rings. The standard InChI is InChI=1S/C17H25N3O4/c1-17(2,3)24-16(21)18-11-12-5-4-6-15(12)19-13-7-9-14(10-8-13)20(22)23/h7-10,12,15,19H,4-6,11H2,1-3H3,(H,18,21). The van der Waals surface area contributed by atoms with Gasteiger partial charge in [-0.1, -0.05) is 6.42 Å². The number of alkyl carbamates (subject to hydrolysis) is 1. The largest absolute Gasteiger partial charge is 0.444 e. The van der Waals surface area contributed by atoms with Crippen LogP contribution in [-0.4, -0.2) is 29.2 Å². The number of amides is 1. The first-order chi connectivity index (χ1) is 11.2. The highest BCUT2D eigenvalue weighted by Gasteiger charge is 2.28. The smallest absolute Gasteiger partial charge is 0.407 e. The summed E-state index contributed by atoms with van der Waals surface area (Å²) in [6, 6.07) is 6.65. The van der Waals surface area contributed by atoms with Crippen LogP contribution in [-0.2, 0) is 4.74 Å². The number of hydrogen-bond acceptors (Lipinski definition) is 5. The van der Waals surface area contributed by atoms with Gasteiger partial charge >= 0.3 is 6.09 Å². The molecule has 0 bridgehead atoms. The van der Waals surface area contributed by atoms with Crippen LogP contribution >= 0.6 is 0 Å². The summed E-state index contributed by atoms with van der Waals surface area (Å²) in [6.45, 7) is 6.06. The summed E-state index contributed by atoms with van der Waals surface area (Å²) < 4.78 is 5.25. The molecule has 0 saturated heterocycles. The number of ether oxygens (including phenoxy) is 1. The lowest BCUT2D eigenvalue weighted by molar-refractivity contribution is -0.384. The summed E-state index contributed by atoms with van der Waals surface area (Å²) in [5.41, 5.74) is 0.431. The zero-order valence-electron chi connectivity index (χ0n) is 14.4. The minimum Gasteiger partial charge on any atom is -0.444 e. The van der Waals surface area contributed by atoms with Crippen LogP contribution in [0.3, 0.4) is 0 Å². The van der Waals surface area contributed by atoms with Crippen molar-refractivity contribution in [2.75, 3.05) is 11.9 Å². The van der Waals surface area contributed by atoms with E-state index in [4.69, 9.17) is 4.74 Å². The van der Waals surface area contributed by atoms with Gasteiger partial charge in [0.05, 0.1) is 4.92 Å². The Bertz CT molecular complexity index is 580. The maximum atomic E-state index is 11.8. The Hall–Kier alpha value is -2.31. The third-order valence-corrected chi connectivity index (χ3v) is 4.00. The maximum Gasteiger partial charge on any atom is 0.407 e. The van der Waals surface area contributed by atoms with Gasteiger partial charge in [0.25, 0.3) is 5.69 Å². The molecule has 0 heterocycles. The summed E-state index contributed by atoms with van der Waals surface area (Å²) in [4.78, 5) is 22.0. The fraction of sp³-hybridized carbons (Fsp3) is 0.588. The Kier molecular flexibility index (Phi) is 5.64. The summed E-state index contributed by atoms with van der Waals surface area (Å²) in [5.74, 6) is 0.313. The average molecular weight is 335 g/mol. The molecule has 0 aliphatic heterocycles. The Labute approximate surface area is 141 Å². The van der Waals surface area contributed by atoms with Crippen LogP contribution in [0, 0.1) is 16.0 Å². The lowest BCUT2D eigenvalue weighted by atomic mass is 10.0. The zero-order chi connectivity index (χ0) is 17.7. The van der Waals surface area contributed by atoms with Crippen LogP contribution in [0.5, 0.6) is 0 Å². The number of carbonyl (C=O) groups is 1. The highest BCUT2D eigenvalue weighted by Crippen LogP contribution is 2.28. The van der Waals surface area contributed by atoms with Gasteiger partial charge in [-0.15, -0.1) is 0 Å². The molecular weight excluding hydrogens is 310 g/mol. The number of carbonyl (C=O) groups excluding carboxylic acids is 1. The second-order valence-corrected chi connectivity index (χ2v) is 7.13. The van der Waals surface area contributed by atoms with Crippen LogP contribution in [0.15, 0.2) is 24.3 Å². The summed E-state index contributed by atoms with van der Waals surface area (Å²) in [7, 11) is 0. The molecule has 2 unspecified atom stereocenters. The Morgan fingerprint density at radius 3 is 2.54 bits per heavy atom. The number of hydrogen-bond donors (Lipinski definition) is 2. The molecule has 132 valence electrons. The van der Waals surface area contributed by atoms with Crippen LogP contribution in [0.4, 0.5) is 16.2 Å². The SMILES string of the molecule is CC(C)(C)OC(=O)NCC1CCCC1Nc1ccc([N+](=O)[O-])cc1. The third-order valence-electron chi connectivity index (χ3n) is 4.00. The molecule has 1 fully saturated rings. The zero-order valence-corrected chi connectivity index (χ0v) is 14.4. The van der Waals surface area contributed by atoms with Gasteiger partial charge in [-0.3, -0.25) is 10.1 Å². The molecule has 24 heavy (non-hydrogen) atoms. The minimum atomic E-state index is -0.504. The number of nitro groups is 1. The van der Waals surface area contributed by atoms with E-state index in [2.05, 4.69) is 10.6 Å². The van der Waals surface area contributed by atoms with E-state index in [-0.39, 0.29) is 11.7 Å². The molecule has 2 N–H and O–H groups in total. The Morgan fingerprint density at radius 1 is 1.29 bits per heavy atom. The van der Waals surface area contributed by atoms with Gasteiger partial charge in [-0.05, 0) is 51.7 Å². The molecule has 2 atom stereocenters. The summed E-state index contributed by atoms with van der Waals surface area (Å²) in [5, 5.41) is 16.9. The van der Waals surface area contributed by atoms with Gasteiger partial charge in [-0.2, -0.15) is 0 Å². The third kappa shape index (κ3) is 5.40. The van der Waals surface area contributed by atoms with Gasteiger partial charge < -0.3 is 15.4 Å². The van der Waals surface area contributed by atoms with Crippen molar-refractivity contribution in [3.63, 3.8) is 0 Å². The van der Waals surface area contributed by atoms with Crippen molar-refractivity contribution in [1.82, 2.24) is 5.32 Å². The van der Waals surface area contributed by atoms with Crippen molar-refractivity contribution < 1.29 is 14.5 Å². The quantitative estimate of drug-likeness (QED) is 0.632. The topological polar surface area (TPSA) is 93.5 Å². The van der Waals surface area contributed by atoms with Crippen LogP contribution in [0.25, 0.3) is 0 Å². The molecule has 1 saturated carbocycles. The number of nitrogens with zero attached hydrogens (tertiary/aromatic N) is 1. The normalized spacial score (nSPS) is 20.5. The van der Waals surface area contributed by atoms with Crippen molar-refractivity contribution in [3.8, 4) is 0 Å². The molecule has 1 aromatic carbocycles. The minimum absolute atomic E-state index is 0.0788. The van der Waals surface area contributed by atoms with Gasteiger partial charge in [0.15, 0.2) is 0 Å². The van der Waals surface area contributed by atoms with Crippen molar-refractivity contribution >= 4 is 17.5 Å². The van der Waals surface area contributed by atoms with Crippen molar-refractivity contribution in [2.24, 2.45) is 5.92 Å². The van der Waals surface area contributed by atoms with Crippen molar-refractivity contribution in [3.05, 3.63) is 34.4 Å². The average Bonchev–Trinajstić information content (AvgIpc) is 2.91. The Morgan fingerprint density at radius 2 is 1.96 bits per heavy atom. The number of benzene rings is 1. The first-order valence-electron chi connectivity index (χ1n) is 8.22. The summed E-state index contributed by atoms with van der Waals surface area (Å²) >= 11 is 0. The van der Waals surface area contributed by atoms with E-state index >= 15 is 0 Å². The second-order valence-electron chi connectivity index (χ2n) is 7.13. The van der Waals surface area contributed by atoms with E-state index in [0.29, 0.717) is 12.5 Å². The maximum absolute atomic E-state index is 11.8. The molecule has 1 amide bonds. The lowest BCUT2D eigenvalue weighted by Crippen LogP contribution is -2.38. The number of anilines is 1. The molecule has 0 aromatic heterocycles.